The molecule has 0 aliphatic heterocycles. The van der Waals surface area contributed by atoms with Crippen molar-refractivity contribution in [2.75, 3.05) is 5.32 Å². The molecule has 3 aromatic rings. The van der Waals surface area contributed by atoms with Crippen LogP contribution in [-0.4, -0.2) is 16.1 Å². The number of carbonyl (C=O) groups excluding carboxylic acids is 1. The maximum atomic E-state index is 12.0. The van der Waals surface area contributed by atoms with Crippen LogP contribution >= 0.6 is 23.6 Å². The van der Waals surface area contributed by atoms with Crippen LogP contribution in [0.3, 0.4) is 0 Å². The zero-order valence-electron chi connectivity index (χ0n) is 11.4. The van der Waals surface area contributed by atoms with Gasteiger partial charge in [0.15, 0.2) is 5.11 Å². The fourth-order valence-electron chi connectivity index (χ4n) is 2.11. The summed E-state index contributed by atoms with van der Waals surface area (Å²) in [5.74, 6) is -0.196. The average Bonchev–Trinajstić information content (AvgIpc) is 3.04. The minimum Gasteiger partial charge on any atom is -0.506 e. The Bertz CT molecular complexity index is 844. The van der Waals surface area contributed by atoms with E-state index in [1.54, 1.807) is 18.2 Å². The van der Waals surface area contributed by atoms with Gasteiger partial charge in [-0.15, -0.1) is 11.3 Å². The molecule has 0 spiro atoms. The van der Waals surface area contributed by atoms with Crippen LogP contribution in [0.2, 0.25) is 0 Å². The molecule has 4 nitrogen and oxygen atoms in total. The zero-order valence-corrected chi connectivity index (χ0v) is 13.0. The van der Waals surface area contributed by atoms with Gasteiger partial charge in [0, 0.05) is 5.39 Å². The molecule has 22 heavy (non-hydrogen) atoms. The Balaban J connectivity index is 1.82. The first-order valence-corrected chi connectivity index (χ1v) is 7.80. The Morgan fingerprint density at radius 3 is 2.68 bits per heavy atom. The highest BCUT2D eigenvalue weighted by Gasteiger charge is 2.12. The van der Waals surface area contributed by atoms with Crippen LogP contribution in [0.15, 0.2) is 53.9 Å². The number of thiocarbonyl (C=S) groups is 1. The number of aromatic hydroxyl groups is 1. The van der Waals surface area contributed by atoms with E-state index in [9.17, 15) is 9.90 Å². The van der Waals surface area contributed by atoms with E-state index in [1.165, 1.54) is 11.3 Å². The molecule has 6 heteroatoms. The molecule has 3 N–H and O–H groups in total. The Morgan fingerprint density at radius 1 is 1.09 bits per heavy atom. The number of amides is 1. The third-order valence-electron chi connectivity index (χ3n) is 3.12. The first-order valence-electron chi connectivity index (χ1n) is 6.52. The van der Waals surface area contributed by atoms with E-state index in [-0.39, 0.29) is 16.8 Å². The first kappa shape index (κ1) is 14.5. The molecule has 0 atom stereocenters. The Kier molecular flexibility index (Phi) is 4.04. The zero-order chi connectivity index (χ0) is 15.5. The normalized spacial score (nSPS) is 10.4. The molecule has 3 rings (SSSR count). The number of benzene rings is 2. The summed E-state index contributed by atoms with van der Waals surface area (Å²) < 4.78 is 0. The van der Waals surface area contributed by atoms with Gasteiger partial charge >= 0.3 is 0 Å². The molecule has 0 radical (unpaired) electrons. The van der Waals surface area contributed by atoms with Crippen molar-refractivity contribution in [3.8, 4) is 5.75 Å². The molecular weight excluding hydrogens is 316 g/mol. The van der Waals surface area contributed by atoms with Gasteiger partial charge in [-0.3, -0.25) is 10.1 Å². The van der Waals surface area contributed by atoms with Gasteiger partial charge in [-0.05, 0) is 35.1 Å². The van der Waals surface area contributed by atoms with Crippen LogP contribution in [0.1, 0.15) is 9.67 Å². The summed E-state index contributed by atoms with van der Waals surface area (Å²) in [5, 5.41) is 19.3. The Hall–Kier alpha value is -2.44. The van der Waals surface area contributed by atoms with Crippen molar-refractivity contribution in [3.63, 3.8) is 0 Å². The van der Waals surface area contributed by atoms with Crippen LogP contribution in [0.4, 0.5) is 5.69 Å². The van der Waals surface area contributed by atoms with E-state index < -0.39 is 0 Å². The molecule has 0 fully saturated rings. The number of hydrogen-bond donors (Lipinski definition) is 3. The van der Waals surface area contributed by atoms with Crippen molar-refractivity contribution in [2.45, 2.75) is 0 Å². The molecule has 1 heterocycles. The van der Waals surface area contributed by atoms with Gasteiger partial charge in [0.25, 0.3) is 5.91 Å². The summed E-state index contributed by atoms with van der Waals surface area (Å²) in [6, 6.07) is 14.5. The third kappa shape index (κ3) is 2.93. The topological polar surface area (TPSA) is 61.4 Å². The van der Waals surface area contributed by atoms with Gasteiger partial charge in [0.2, 0.25) is 0 Å². The molecular formula is C16H12N2O2S2. The lowest BCUT2D eigenvalue weighted by Crippen LogP contribution is -2.33. The van der Waals surface area contributed by atoms with E-state index >= 15 is 0 Å². The molecule has 2 aromatic carbocycles. The second kappa shape index (κ2) is 6.13. The maximum absolute atomic E-state index is 12.0. The van der Waals surface area contributed by atoms with Crippen molar-refractivity contribution in [2.24, 2.45) is 0 Å². The van der Waals surface area contributed by atoms with Crippen molar-refractivity contribution in [3.05, 3.63) is 58.8 Å². The second-order valence-corrected chi connectivity index (χ2v) is 5.92. The van der Waals surface area contributed by atoms with Gasteiger partial charge < -0.3 is 10.4 Å². The fourth-order valence-corrected chi connectivity index (χ4v) is 2.92. The SMILES string of the molecule is O=C(NC(=S)Nc1c(O)ccc2ccccc12)c1cccs1. The molecule has 1 aromatic heterocycles. The van der Waals surface area contributed by atoms with Gasteiger partial charge in [0.05, 0.1) is 10.6 Å². The minimum atomic E-state index is -0.271. The van der Waals surface area contributed by atoms with Gasteiger partial charge in [-0.1, -0.05) is 36.4 Å². The summed E-state index contributed by atoms with van der Waals surface area (Å²) in [7, 11) is 0. The van der Waals surface area contributed by atoms with Crippen LogP contribution in [0, 0.1) is 0 Å². The summed E-state index contributed by atoms with van der Waals surface area (Å²) in [5.41, 5.74) is 0.481. The number of phenolic OH excluding ortho intramolecular Hbond substituents is 1. The largest absolute Gasteiger partial charge is 0.506 e. The van der Waals surface area contributed by atoms with Crippen LogP contribution in [0.5, 0.6) is 5.75 Å². The quantitative estimate of drug-likeness (QED) is 0.495. The highest BCUT2D eigenvalue weighted by molar-refractivity contribution is 7.80. The van der Waals surface area contributed by atoms with Crippen LogP contribution in [-0.2, 0) is 0 Å². The average molecular weight is 328 g/mol. The third-order valence-corrected chi connectivity index (χ3v) is 4.19. The summed E-state index contributed by atoms with van der Waals surface area (Å²) in [4.78, 5) is 12.5. The molecule has 0 unspecified atom stereocenters. The van der Waals surface area contributed by atoms with E-state index in [0.29, 0.717) is 10.6 Å². The Morgan fingerprint density at radius 2 is 1.91 bits per heavy atom. The summed E-state index contributed by atoms with van der Waals surface area (Å²) >= 11 is 6.50. The predicted molar refractivity (Wildman–Crippen MR) is 93.6 cm³/mol. The predicted octanol–water partition coefficient (Wildman–Crippen LogP) is 3.73. The summed E-state index contributed by atoms with van der Waals surface area (Å²) in [6.07, 6.45) is 0. The monoisotopic (exact) mass is 328 g/mol. The second-order valence-electron chi connectivity index (χ2n) is 4.57. The molecule has 0 aliphatic rings. The highest BCUT2D eigenvalue weighted by atomic mass is 32.1. The lowest BCUT2D eigenvalue weighted by Gasteiger charge is -2.13. The molecule has 0 aliphatic carbocycles. The molecule has 0 bridgehead atoms. The van der Waals surface area contributed by atoms with Crippen molar-refractivity contribution < 1.29 is 9.90 Å². The van der Waals surface area contributed by atoms with Crippen molar-refractivity contribution in [1.29, 1.82) is 0 Å². The number of carbonyl (C=O) groups is 1. The first-order chi connectivity index (χ1) is 10.6. The Labute approximate surface area is 136 Å². The highest BCUT2D eigenvalue weighted by Crippen LogP contribution is 2.32. The van der Waals surface area contributed by atoms with Gasteiger partial charge in [0.1, 0.15) is 5.75 Å². The molecule has 0 saturated heterocycles. The standard InChI is InChI=1S/C16H12N2O2S2/c19-12-8-7-10-4-1-2-5-11(10)14(12)17-16(21)18-15(20)13-6-3-9-22-13/h1-9,19H,(H2,17,18,20,21). The number of thiophene rings is 1. The molecule has 1 amide bonds. The number of nitrogens with one attached hydrogen (secondary N) is 2. The van der Waals surface area contributed by atoms with E-state index in [4.69, 9.17) is 12.2 Å². The lowest BCUT2D eigenvalue weighted by atomic mass is 10.1. The molecule has 0 saturated carbocycles. The van der Waals surface area contributed by atoms with Crippen LogP contribution in [0.25, 0.3) is 10.8 Å². The number of phenols is 1. The smallest absolute Gasteiger partial charge is 0.267 e. The fraction of sp³-hybridized carbons (Fsp3) is 0. The maximum Gasteiger partial charge on any atom is 0.267 e. The van der Waals surface area contributed by atoms with E-state index in [1.807, 2.05) is 35.7 Å². The van der Waals surface area contributed by atoms with Gasteiger partial charge in [-0.25, -0.2) is 0 Å². The van der Waals surface area contributed by atoms with E-state index in [0.717, 1.165) is 10.8 Å². The van der Waals surface area contributed by atoms with Crippen molar-refractivity contribution in [1.82, 2.24) is 5.32 Å². The lowest BCUT2D eigenvalue weighted by molar-refractivity contribution is 0.0981. The number of hydrogen-bond acceptors (Lipinski definition) is 4. The number of fused-ring (bicyclic) bond motifs is 1. The number of rotatable bonds is 2. The molecule has 110 valence electrons. The minimum absolute atomic E-state index is 0.0754. The van der Waals surface area contributed by atoms with Crippen LogP contribution < -0.4 is 10.6 Å². The van der Waals surface area contributed by atoms with Crippen molar-refractivity contribution >= 4 is 51.0 Å². The summed E-state index contributed by atoms with van der Waals surface area (Å²) in [6.45, 7) is 0. The van der Waals surface area contributed by atoms with Gasteiger partial charge in [-0.2, -0.15) is 0 Å². The number of anilines is 1. The van der Waals surface area contributed by atoms with E-state index in [2.05, 4.69) is 10.6 Å².